The number of benzene rings is 1. The van der Waals surface area contributed by atoms with E-state index in [0.717, 1.165) is 5.56 Å². The summed E-state index contributed by atoms with van der Waals surface area (Å²) in [4.78, 5) is 0. The number of halogens is 2. The molecule has 16 heavy (non-hydrogen) atoms. The van der Waals surface area contributed by atoms with Crippen molar-refractivity contribution < 1.29 is 5.11 Å². The molecular formula is C12H11Cl2NO. The van der Waals surface area contributed by atoms with Gasteiger partial charge in [-0.15, -0.1) is 0 Å². The predicted molar refractivity (Wildman–Crippen MR) is 63.5 cm³/mol. The van der Waals surface area contributed by atoms with Crippen molar-refractivity contribution >= 4 is 23.2 Å². The molecule has 1 aromatic carbocycles. The molecule has 2 nitrogen and oxygen atoms in total. The fraction of sp³-hybridized carbons (Fsp3) is 0.417. The van der Waals surface area contributed by atoms with Gasteiger partial charge in [-0.05, 0) is 23.6 Å². The molecule has 1 fully saturated rings. The van der Waals surface area contributed by atoms with Crippen LogP contribution in [0.15, 0.2) is 18.2 Å². The van der Waals surface area contributed by atoms with Crippen molar-refractivity contribution in [3.05, 3.63) is 33.8 Å². The third-order valence-corrected chi connectivity index (χ3v) is 4.32. The topological polar surface area (TPSA) is 44.0 Å². The standard InChI is InChI=1S/C12H11Cl2NO/c1-7-9(5-16)12(7,6-15)8-2-3-10(13)11(14)4-8/h2-4,7,9,16H,5H2,1H3/t7-,9+,12-/m1/s1. The van der Waals surface area contributed by atoms with Gasteiger partial charge in [0.2, 0.25) is 0 Å². The molecule has 0 aromatic heterocycles. The van der Waals surface area contributed by atoms with E-state index in [4.69, 9.17) is 23.2 Å². The van der Waals surface area contributed by atoms with E-state index in [0.29, 0.717) is 10.0 Å². The molecule has 0 heterocycles. The molecular weight excluding hydrogens is 245 g/mol. The lowest BCUT2D eigenvalue weighted by Gasteiger charge is -2.10. The van der Waals surface area contributed by atoms with Crippen molar-refractivity contribution in [2.45, 2.75) is 12.3 Å². The number of hydrogen-bond acceptors (Lipinski definition) is 2. The quantitative estimate of drug-likeness (QED) is 0.883. The minimum absolute atomic E-state index is 0.00487. The van der Waals surface area contributed by atoms with E-state index in [1.54, 1.807) is 12.1 Å². The first-order chi connectivity index (χ1) is 7.57. The van der Waals surface area contributed by atoms with E-state index in [1.807, 2.05) is 13.0 Å². The average Bonchev–Trinajstić information content (AvgIpc) is 2.88. The molecule has 1 aliphatic carbocycles. The van der Waals surface area contributed by atoms with Crippen molar-refractivity contribution in [2.75, 3.05) is 6.61 Å². The second-order valence-corrected chi connectivity index (χ2v) is 5.00. The minimum atomic E-state index is -0.594. The summed E-state index contributed by atoms with van der Waals surface area (Å²) in [6.45, 7) is 1.99. The molecule has 0 aliphatic heterocycles. The van der Waals surface area contributed by atoms with E-state index in [-0.39, 0.29) is 18.4 Å². The van der Waals surface area contributed by atoms with Crippen molar-refractivity contribution in [1.82, 2.24) is 0 Å². The van der Waals surface area contributed by atoms with Crippen LogP contribution in [0.2, 0.25) is 10.0 Å². The van der Waals surface area contributed by atoms with Crippen LogP contribution in [0.1, 0.15) is 12.5 Å². The highest BCUT2D eigenvalue weighted by molar-refractivity contribution is 6.42. The summed E-state index contributed by atoms with van der Waals surface area (Å²) in [5, 5.41) is 19.5. The van der Waals surface area contributed by atoms with Crippen LogP contribution in [0.5, 0.6) is 0 Å². The Labute approximate surface area is 104 Å². The monoisotopic (exact) mass is 255 g/mol. The highest BCUT2D eigenvalue weighted by atomic mass is 35.5. The molecule has 0 spiro atoms. The van der Waals surface area contributed by atoms with Gasteiger partial charge < -0.3 is 5.11 Å². The second kappa shape index (κ2) is 3.92. The number of aliphatic hydroxyl groups excluding tert-OH is 1. The van der Waals surface area contributed by atoms with Gasteiger partial charge >= 0.3 is 0 Å². The largest absolute Gasteiger partial charge is 0.396 e. The molecule has 0 amide bonds. The average molecular weight is 256 g/mol. The zero-order valence-electron chi connectivity index (χ0n) is 8.74. The zero-order chi connectivity index (χ0) is 11.9. The first-order valence-corrected chi connectivity index (χ1v) is 5.81. The normalized spacial score (nSPS) is 32.2. The molecule has 3 atom stereocenters. The highest BCUT2D eigenvalue weighted by Crippen LogP contribution is 2.59. The maximum Gasteiger partial charge on any atom is 0.0905 e. The number of nitriles is 1. The molecule has 84 valence electrons. The Hall–Kier alpha value is -0.750. The summed E-state index contributed by atoms with van der Waals surface area (Å²) in [6, 6.07) is 7.53. The predicted octanol–water partition coefficient (Wildman–Crippen LogP) is 3.01. The maximum absolute atomic E-state index is 9.30. The second-order valence-electron chi connectivity index (χ2n) is 4.19. The van der Waals surface area contributed by atoms with Crippen LogP contribution in [0.25, 0.3) is 0 Å². The van der Waals surface area contributed by atoms with Crippen LogP contribution >= 0.6 is 23.2 Å². The molecule has 0 saturated heterocycles. The van der Waals surface area contributed by atoms with Gasteiger partial charge in [0.15, 0.2) is 0 Å². The van der Waals surface area contributed by atoms with E-state index in [1.165, 1.54) is 0 Å². The minimum Gasteiger partial charge on any atom is -0.396 e. The highest BCUT2D eigenvalue weighted by Gasteiger charge is 2.63. The number of aliphatic hydroxyl groups is 1. The Morgan fingerprint density at radius 1 is 1.44 bits per heavy atom. The van der Waals surface area contributed by atoms with Crippen molar-refractivity contribution in [1.29, 1.82) is 5.26 Å². The van der Waals surface area contributed by atoms with Crippen LogP contribution < -0.4 is 0 Å². The molecule has 2 rings (SSSR count). The molecule has 1 saturated carbocycles. The number of nitrogens with zero attached hydrogens (tertiary/aromatic N) is 1. The fourth-order valence-electron chi connectivity index (χ4n) is 2.43. The van der Waals surface area contributed by atoms with E-state index < -0.39 is 5.41 Å². The summed E-state index contributed by atoms with van der Waals surface area (Å²) < 4.78 is 0. The van der Waals surface area contributed by atoms with E-state index in [2.05, 4.69) is 6.07 Å². The van der Waals surface area contributed by atoms with Gasteiger partial charge in [-0.25, -0.2) is 0 Å². The van der Waals surface area contributed by atoms with Crippen LogP contribution in [-0.2, 0) is 5.41 Å². The van der Waals surface area contributed by atoms with Crippen molar-refractivity contribution in [3.63, 3.8) is 0 Å². The Balaban J connectivity index is 2.45. The van der Waals surface area contributed by atoms with Crippen molar-refractivity contribution in [2.24, 2.45) is 11.8 Å². The summed E-state index contributed by atoms with van der Waals surface area (Å²) in [5.41, 5.74) is 0.249. The molecule has 0 bridgehead atoms. The lowest BCUT2D eigenvalue weighted by Crippen LogP contribution is -2.10. The van der Waals surface area contributed by atoms with Gasteiger partial charge in [0.05, 0.1) is 21.5 Å². The van der Waals surface area contributed by atoms with Crippen LogP contribution in [0.4, 0.5) is 0 Å². The SMILES string of the molecule is C[C@@H]1[C@H](CO)[C@@]1(C#N)c1ccc(Cl)c(Cl)c1. The molecule has 1 N–H and O–H groups in total. The Bertz CT molecular complexity index is 469. The van der Waals surface area contributed by atoms with Gasteiger partial charge in [-0.1, -0.05) is 36.2 Å². The number of rotatable bonds is 2. The Morgan fingerprint density at radius 2 is 2.12 bits per heavy atom. The first-order valence-electron chi connectivity index (χ1n) is 5.05. The van der Waals surface area contributed by atoms with Gasteiger partial charge in [0.1, 0.15) is 0 Å². The van der Waals surface area contributed by atoms with E-state index in [9.17, 15) is 10.4 Å². The molecule has 4 heteroatoms. The number of hydrogen-bond donors (Lipinski definition) is 1. The lowest BCUT2D eigenvalue weighted by atomic mass is 9.93. The van der Waals surface area contributed by atoms with Gasteiger partial charge in [0.25, 0.3) is 0 Å². The molecule has 0 unspecified atom stereocenters. The van der Waals surface area contributed by atoms with Crippen LogP contribution in [-0.4, -0.2) is 11.7 Å². The van der Waals surface area contributed by atoms with Crippen molar-refractivity contribution in [3.8, 4) is 6.07 Å². The Kier molecular flexibility index (Phi) is 2.88. The van der Waals surface area contributed by atoms with Gasteiger partial charge in [-0.3, -0.25) is 0 Å². The van der Waals surface area contributed by atoms with E-state index >= 15 is 0 Å². The van der Waals surface area contributed by atoms with Gasteiger partial charge in [0, 0.05) is 12.5 Å². The van der Waals surface area contributed by atoms with Crippen LogP contribution in [0, 0.1) is 23.2 Å². The Morgan fingerprint density at radius 3 is 2.56 bits per heavy atom. The summed E-state index contributed by atoms with van der Waals surface area (Å²) in [7, 11) is 0. The maximum atomic E-state index is 9.30. The third-order valence-electron chi connectivity index (χ3n) is 3.58. The van der Waals surface area contributed by atoms with Gasteiger partial charge in [-0.2, -0.15) is 5.26 Å². The molecule has 0 radical (unpaired) electrons. The third kappa shape index (κ3) is 1.43. The summed E-state index contributed by atoms with van der Waals surface area (Å²) in [6.07, 6.45) is 0. The summed E-state index contributed by atoms with van der Waals surface area (Å²) >= 11 is 11.8. The van der Waals surface area contributed by atoms with Crippen LogP contribution in [0.3, 0.4) is 0 Å². The zero-order valence-corrected chi connectivity index (χ0v) is 10.3. The first kappa shape index (κ1) is 11.7. The summed E-state index contributed by atoms with van der Waals surface area (Å²) in [5.74, 6) is 0.148. The smallest absolute Gasteiger partial charge is 0.0905 e. The fourth-order valence-corrected chi connectivity index (χ4v) is 2.73. The lowest BCUT2D eigenvalue weighted by molar-refractivity contribution is 0.265. The molecule has 1 aromatic rings. The molecule has 1 aliphatic rings.